The normalized spacial score (nSPS) is 14.3. The number of aromatic nitrogens is 1. The highest BCUT2D eigenvalue weighted by Crippen LogP contribution is 2.34. The molecule has 0 bridgehead atoms. The number of nitrogens with one attached hydrogen (secondary N) is 1. The lowest BCUT2D eigenvalue weighted by molar-refractivity contribution is 0.104. The molecule has 0 amide bonds. The molecule has 0 aliphatic carbocycles. The number of thiophene rings is 1. The monoisotopic (exact) mass is 317 g/mol. The molecule has 21 heavy (non-hydrogen) atoms. The van der Waals surface area contributed by atoms with Crippen molar-refractivity contribution in [3.05, 3.63) is 57.2 Å². The van der Waals surface area contributed by atoms with Crippen molar-refractivity contribution in [2.24, 2.45) is 0 Å². The molecular formula is C16H12FNOS2. The summed E-state index contributed by atoms with van der Waals surface area (Å²) >= 11 is 3.45. The van der Waals surface area contributed by atoms with Gasteiger partial charge in [-0.25, -0.2) is 4.39 Å². The van der Waals surface area contributed by atoms with Crippen molar-refractivity contribution < 1.29 is 9.18 Å². The van der Waals surface area contributed by atoms with Gasteiger partial charge in [-0.15, -0.1) is 11.3 Å². The van der Waals surface area contributed by atoms with Crippen molar-refractivity contribution >= 4 is 39.8 Å². The third kappa shape index (κ3) is 2.12. The number of hydrogen-bond donors (Lipinski definition) is 1. The highest BCUT2D eigenvalue weighted by atomic mass is 32.2. The zero-order valence-corrected chi connectivity index (χ0v) is 12.7. The summed E-state index contributed by atoms with van der Waals surface area (Å²) in [6.07, 6.45) is 2.64. The van der Waals surface area contributed by atoms with Crippen LogP contribution in [0.3, 0.4) is 0 Å². The van der Waals surface area contributed by atoms with Gasteiger partial charge < -0.3 is 4.98 Å². The standard InChI is InChI=1S/C16H12FNOS2/c17-11-2-1-3-12-15(11)10(7-18-12)16(19)14-6-9-8-20-5-4-13(9)21-14/h1-3,6-7,18H,4-5,8H2. The Balaban J connectivity index is 1.81. The second-order valence-electron chi connectivity index (χ2n) is 5.06. The zero-order valence-electron chi connectivity index (χ0n) is 11.1. The number of hydrogen-bond acceptors (Lipinski definition) is 3. The summed E-state index contributed by atoms with van der Waals surface area (Å²) in [6, 6.07) is 6.80. The van der Waals surface area contributed by atoms with Crippen molar-refractivity contribution in [3.8, 4) is 0 Å². The number of aryl methyl sites for hydroxylation is 1. The number of aromatic amines is 1. The van der Waals surface area contributed by atoms with Crippen LogP contribution in [0.5, 0.6) is 0 Å². The quantitative estimate of drug-likeness (QED) is 0.711. The minimum absolute atomic E-state index is 0.0873. The summed E-state index contributed by atoms with van der Waals surface area (Å²) in [6.45, 7) is 0. The van der Waals surface area contributed by atoms with E-state index in [1.807, 2.05) is 17.8 Å². The van der Waals surface area contributed by atoms with Gasteiger partial charge in [0, 0.05) is 27.7 Å². The van der Waals surface area contributed by atoms with E-state index in [4.69, 9.17) is 0 Å². The van der Waals surface area contributed by atoms with Crippen LogP contribution in [-0.2, 0) is 12.2 Å². The number of H-pyrrole nitrogens is 1. The zero-order chi connectivity index (χ0) is 14.4. The molecule has 1 aromatic carbocycles. The topological polar surface area (TPSA) is 32.9 Å². The molecule has 4 rings (SSSR count). The Bertz CT molecular complexity index is 826. The van der Waals surface area contributed by atoms with E-state index in [2.05, 4.69) is 4.98 Å². The number of benzene rings is 1. The van der Waals surface area contributed by atoms with Gasteiger partial charge in [0.1, 0.15) is 5.82 Å². The molecule has 0 fully saturated rings. The third-order valence-electron chi connectivity index (χ3n) is 3.75. The van der Waals surface area contributed by atoms with Gasteiger partial charge in [0.15, 0.2) is 0 Å². The lowest BCUT2D eigenvalue weighted by Crippen LogP contribution is -1.98. The van der Waals surface area contributed by atoms with Crippen LogP contribution in [-0.4, -0.2) is 16.5 Å². The van der Waals surface area contributed by atoms with Gasteiger partial charge in [-0.05, 0) is 35.9 Å². The second-order valence-corrected chi connectivity index (χ2v) is 7.30. The van der Waals surface area contributed by atoms with Crippen molar-refractivity contribution in [1.29, 1.82) is 0 Å². The molecule has 3 heterocycles. The van der Waals surface area contributed by atoms with Gasteiger partial charge in [-0.3, -0.25) is 4.79 Å². The molecule has 0 atom stereocenters. The largest absolute Gasteiger partial charge is 0.360 e. The lowest BCUT2D eigenvalue weighted by atomic mass is 10.1. The molecule has 0 saturated carbocycles. The number of thioether (sulfide) groups is 1. The maximum Gasteiger partial charge on any atom is 0.205 e. The molecule has 0 saturated heterocycles. The number of rotatable bonds is 2. The van der Waals surface area contributed by atoms with E-state index >= 15 is 0 Å². The van der Waals surface area contributed by atoms with Crippen LogP contribution in [0.2, 0.25) is 0 Å². The fraction of sp³-hybridized carbons (Fsp3) is 0.188. The Hall–Kier alpha value is -1.59. The summed E-state index contributed by atoms with van der Waals surface area (Å²) < 4.78 is 14.0. The Morgan fingerprint density at radius 3 is 3.10 bits per heavy atom. The Labute approximate surface area is 129 Å². The fourth-order valence-electron chi connectivity index (χ4n) is 2.71. The first-order chi connectivity index (χ1) is 10.2. The molecule has 0 unspecified atom stereocenters. The van der Waals surface area contributed by atoms with Crippen molar-refractivity contribution in [2.45, 2.75) is 12.2 Å². The van der Waals surface area contributed by atoms with Crippen molar-refractivity contribution in [1.82, 2.24) is 4.98 Å². The predicted octanol–water partition coefficient (Wildman–Crippen LogP) is 4.39. The molecule has 1 aliphatic heterocycles. The summed E-state index contributed by atoms with van der Waals surface area (Å²) in [7, 11) is 0. The van der Waals surface area contributed by atoms with E-state index in [1.54, 1.807) is 29.7 Å². The lowest BCUT2D eigenvalue weighted by Gasteiger charge is -2.08. The summed E-state index contributed by atoms with van der Waals surface area (Å²) in [5.41, 5.74) is 2.35. The number of fused-ring (bicyclic) bond motifs is 2. The minimum Gasteiger partial charge on any atom is -0.360 e. The fourth-order valence-corrected chi connectivity index (χ4v) is 5.04. The van der Waals surface area contributed by atoms with Crippen molar-refractivity contribution in [3.63, 3.8) is 0 Å². The minimum atomic E-state index is -0.353. The summed E-state index contributed by atoms with van der Waals surface area (Å²) in [4.78, 5) is 17.7. The number of carbonyl (C=O) groups is 1. The second kappa shape index (κ2) is 5.00. The summed E-state index contributed by atoms with van der Waals surface area (Å²) in [5, 5.41) is 0.392. The van der Waals surface area contributed by atoms with Gasteiger partial charge in [-0.1, -0.05) is 6.07 Å². The summed E-state index contributed by atoms with van der Waals surface area (Å²) in [5.74, 6) is 1.65. The first kappa shape index (κ1) is 13.1. The van der Waals surface area contributed by atoms with Crippen LogP contribution in [0.25, 0.3) is 10.9 Å². The Morgan fingerprint density at radius 1 is 1.33 bits per heavy atom. The molecule has 2 aromatic heterocycles. The predicted molar refractivity (Wildman–Crippen MR) is 85.9 cm³/mol. The van der Waals surface area contributed by atoms with Gasteiger partial charge >= 0.3 is 0 Å². The average molecular weight is 317 g/mol. The van der Waals surface area contributed by atoms with Crippen LogP contribution >= 0.6 is 23.1 Å². The van der Waals surface area contributed by atoms with Gasteiger partial charge in [0.25, 0.3) is 0 Å². The van der Waals surface area contributed by atoms with Crippen LogP contribution in [0.1, 0.15) is 25.7 Å². The number of ketones is 1. The number of halogens is 1. The SMILES string of the molecule is O=C(c1cc2c(s1)CCSC2)c1c[nH]c2cccc(F)c12. The maximum atomic E-state index is 14.0. The molecule has 3 aromatic rings. The highest BCUT2D eigenvalue weighted by Gasteiger charge is 2.21. The van der Waals surface area contributed by atoms with E-state index in [9.17, 15) is 9.18 Å². The molecule has 1 N–H and O–H groups in total. The molecule has 0 radical (unpaired) electrons. The van der Waals surface area contributed by atoms with E-state index in [1.165, 1.54) is 16.5 Å². The van der Waals surface area contributed by atoms with Gasteiger partial charge in [0.05, 0.1) is 10.4 Å². The molecule has 1 aliphatic rings. The first-order valence-corrected chi connectivity index (χ1v) is 8.71. The molecule has 5 heteroatoms. The van der Waals surface area contributed by atoms with Crippen LogP contribution < -0.4 is 0 Å². The molecule has 0 spiro atoms. The smallest absolute Gasteiger partial charge is 0.205 e. The Morgan fingerprint density at radius 2 is 2.24 bits per heavy atom. The molecule has 106 valence electrons. The first-order valence-electron chi connectivity index (χ1n) is 6.73. The molecule has 2 nitrogen and oxygen atoms in total. The third-order valence-corrected chi connectivity index (χ3v) is 5.99. The molecular weight excluding hydrogens is 305 g/mol. The van der Waals surface area contributed by atoms with E-state index in [0.29, 0.717) is 21.3 Å². The van der Waals surface area contributed by atoms with Gasteiger partial charge in [-0.2, -0.15) is 11.8 Å². The Kier molecular flexibility index (Phi) is 3.12. The van der Waals surface area contributed by atoms with Crippen LogP contribution in [0.15, 0.2) is 30.5 Å². The van der Waals surface area contributed by atoms with Crippen LogP contribution in [0.4, 0.5) is 4.39 Å². The number of carbonyl (C=O) groups excluding carboxylic acids is 1. The van der Waals surface area contributed by atoms with E-state index in [0.717, 1.165) is 17.9 Å². The average Bonchev–Trinajstić information content (AvgIpc) is 3.11. The van der Waals surface area contributed by atoms with Crippen LogP contribution in [0, 0.1) is 5.82 Å². The highest BCUT2D eigenvalue weighted by molar-refractivity contribution is 7.98. The van der Waals surface area contributed by atoms with Crippen molar-refractivity contribution in [2.75, 3.05) is 5.75 Å². The van der Waals surface area contributed by atoms with E-state index in [-0.39, 0.29) is 11.6 Å². The van der Waals surface area contributed by atoms with E-state index < -0.39 is 0 Å². The van der Waals surface area contributed by atoms with Gasteiger partial charge in [0.2, 0.25) is 5.78 Å². The maximum absolute atomic E-state index is 14.0.